The molecule has 3 aliphatic rings. The van der Waals surface area contributed by atoms with Gasteiger partial charge in [0.15, 0.2) is 0 Å². The smallest absolute Gasteiger partial charge is 0.0628 e. The summed E-state index contributed by atoms with van der Waals surface area (Å²) < 4.78 is 0. The van der Waals surface area contributed by atoms with Gasteiger partial charge in [0.1, 0.15) is 0 Å². The number of hydrogen-bond donors (Lipinski definition) is 2. The van der Waals surface area contributed by atoms with E-state index in [0.29, 0.717) is 12.5 Å². The molecule has 1 saturated heterocycles. The molecule has 2 saturated carbocycles. The van der Waals surface area contributed by atoms with Crippen molar-refractivity contribution >= 4 is 0 Å². The number of aliphatic hydroxyl groups excluding tert-OH is 1. The molecule has 0 aromatic carbocycles. The summed E-state index contributed by atoms with van der Waals surface area (Å²) in [7, 11) is 0. The second-order valence-electron chi connectivity index (χ2n) is 7.16. The molecular weight excluding hydrogens is 236 g/mol. The Morgan fingerprint density at radius 2 is 1.84 bits per heavy atom. The molecule has 3 fully saturated rings. The zero-order valence-corrected chi connectivity index (χ0v) is 12.4. The van der Waals surface area contributed by atoms with E-state index in [1.807, 2.05) is 0 Å². The molecule has 2 aliphatic carbocycles. The monoisotopic (exact) mass is 266 g/mol. The van der Waals surface area contributed by atoms with Gasteiger partial charge in [0.25, 0.3) is 0 Å². The lowest BCUT2D eigenvalue weighted by Crippen LogP contribution is -2.58. The summed E-state index contributed by atoms with van der Waals surface area (Å²) in [5.41, 5.74) is -0.00531. The van der Waals surface area contributed by atoms with Crippen molar-refractivity contribution in [2.24, 2.45) is 17.8 Å². The second-order valence-corrected chi connectivity index (χ2v) is 7.16. The number of nitrogens with zero attached hydrogens (tertiary/aromatic N) is 1. The van der Waals surface area contributed by atoms with Gasteiger partial charge in [-0.2, -0.15) is 0 Å². The number of hydrogen-bond acceptors (Lipinski definition) is 3. The number of likely N-dealkylation sites (tertiary alicyclic amines) is 1. The van der Waals surface area contributed by atoms with Crippen molar-refractivity contribution in [3.8, 4) is 0 Å². The molecule has 0 spiro atoms. The van der Waals surface area contributed by atoms with E-state index in [1.54, 1.807) is 0 Å². The van der Waals surface area contributed by atoms with Crippen molar-refractivity contribution in [3.63, 3.8) is 0 Å². The molecule has 0 aromatic rings. The summed E-state index contributed by atoms with van der Waals surface area (Å²) in [4.78, 5) is 2.64. The van der Waals surface area contributed by atoms with Crippen LogP contribution in [0.3, 0.4) is 0 Å². The molecule has 19 heavy (non-hydrogen) atoms. The Bertz CT molecular complexity index is 293. The number of aliphatic hydroxyl groups is 1. The Morgan fingerprint density at radius 3 is 2.37 bits per heavy atom. The van der Waals surface area contributed by atoms with Crippen LogP contribution in [-0.4, -0.2) is 48.3 Å². The Balaban J connectivity index is 1.61. The van der Waals surface area contributed by atoms with Gasteiger partial charge < -0.3 is 15.3 Å². The summed E-state index contributed by atoms with van der Waals surface area (Å²) in [6.07, 6.45) is 8.10. The first kappa shape index (κ1) is 13.8. The van der Waals surface area contributed by atoms with Crippen LogP contribution in [0.15, 0.2) is 0 Å². The fourth-order valence-corrected chi connectivity index (χ4v) is 4.43. The summed E-state index contributed by atoms with van der Waals surface area (Å²) in [5, 5.41) is 13.7. The van der Waals surface area contributed by atoms with Crippen molar-refractivity contribution in [2.45, 2.75) is 51.0 Å². The van der Waals surface area contributed by atoms with Crippen molar-refractivity contribution in [3.05, 3.63) is 0 Å². The van der Waals surface area contributed by atoms with E-state index in [2.05, 4.69) is 17.1 Å². The SMILES string of the molecule is CCCNC(CO)(CN1CC2CCCC2C1)C1CC1. The highest BCUT2D eigenvalue weighted by atomic mass is 16.3. The maximum Gasteiger partial charge on any atom is 0.0628 e. The molecule has 110 valence electrons. The Kier molecular flexibility index (Phi) is 4.16. The summed E-state index contributed by atoms with van der Waals surface area (Å²) >= 11 is 0. The molecular formula is C16H30N2O. The van der Waals surface area contributed by atoms with Gasteiger partial charge in [-0.3, -0.25) is 0 Å². The summed E-state index contributed by atoms with van der Waals surface area (Å²) in [5.74, 6) is 2.63. The molecule has 2 N–H and O–H groups in total. The van der Waals surface area contributed by atoms with Crippen molar-refractivity contribution < 1.29 is 5.11 Å². The fraction of sp³-hybridized carbons (Fsp3) is 1.00. The minimum Gasteiger partial charge on any atom is -0.394 e. The van der Waals surface area contributed by atoms with Gasteiger partial charge in [0, 0.05) is 19.6 Å². The van der Waals surface area contributed by atoms with Crippen LogP contribution >= 0.6 is 0 Å². The molecule has 1 aliphatic heterocycles. The molecule has 0 bridgehead atoms. The minimum atomic E-state index is -0.00531. The lowest BCUT2D eigenvalue weighted by Gasteiger charge is -2.37. The molecule has 1 heterocycles. The van der Waals surface area contributed by atoms with Crippen molar-refractivity contribution in [2.75, 3.05) is 32.8 Å². The van der Waals surface area contributed by atoms with Crippen LogP contribution in [0, 0.1) is 17.8 Å². The standard InChI is InChI=1S/C16H30N2O/c1-2-8-17-16(12-19,15-6-7-15)11-18-9-13-4-3-5-14(13)10-18/h13-15,17,19H,2-12H2,1H3. The van der Waals surface area contributed by atoms with Gasteiger partial charge in [-0.05, 0) is 56.4 Å². The summed E-state index contributed by atoms with van der Waals surface area (Å²) in [6.45, 7) is 7.20. The van der Waals surface area contributed by atoms with Crippen LogP contribution in [0.4, 0.5) is 0 Å². The largest absolute Gasteiger partial charge is 0.394 e. The molecule has 3 heteroatoms. The quantitative estimate of drug-likeness (QED) is 0.738. The van der Waals surface area contributed by atoms with Gasteiger partial charge in [-0.25, -0.2) is 0 Å². The molecule has 0 amide bonds. The topological polar surface area (TPSA) is 35.5 Å². The number of rotatable bonds is 7. The van der Waals surface area contributed by atoms with Crippen LogP contribution in [0.25, 0.3) is 0 Å². The normalized spacial score (nSPS) is 34.4. The zero-order chi connectivity index (χ0) is 13.3. The van der Waals surface area contributed by atoms with Gasteiger partial charge in [-0.1, -0.05) is 13.3 Å². The Morgan fingerprint density at radius 1 is 1.16 bits per heavy atom. The van der Waals surface area contributed by atoms with Gasteiger partial charge in [0.2, 0.25) is 0 Å². The molecule has 0 radical (unpaired) electrons. The summed E-state index contributed by atoms with van der Waals surface area (Å²) in [6, 6.07) is 0. The third-order valence-corrected chi connectivity index (χ3v) is 5.68. The predicted molar refractivity (Wildman–Crippen MR) is 78.1 cm³/mol. The molecule has 3 nitrogen and oxygen atoms in total. The van der Waals surface area contributed by atoms with Gasteiger partial charge >= 0.3 is 0 Å². The first-order valence-corrected chi connectivity index (χ1v) is 8.35. The third kappa shape index (κ3) is 2.84. The van der Waals surface area contributed by atoms with Crippen LogP contribution in [0.1, 0.15) is 45.4 Å². The van der Waals surface area contributed by atoms with E-state index in [0.717, 1.165) is 31.3 Å². The van der Waals surface area contributed by atoms with Gasteiger partial charge in [-0.15, -0.1) is 0 Å². The zero-order valence-electron chi connectivity index (χ0n) is 12.4. The highest BCUT2D eigenvalue weighted by Gasteiger charge is 2.47. The van der Waals surface area contributed by atoms with Crippen molar-refractivity contribution in [1.29, 1.82) is 0 Å². The molecule has 3 rings (SSSR count). The average Bonchev–Trinajstić information content (AvgIpc) is 3.07. The van der Waals surface area contributed by atoms with E-state index in [-0.39, 0.29) is 5.54 Å². The average molecular weight is 266 g/mol. The van der Waals surface area contributed by atoms with E-state index < -0.39 is 0 Å². The van der Waals surface area contributed by atoms with E-state index in [1.165, 1.54) is 45.2 Å². The highest BCUT2D eigenvalue weighted by molar-refractivity contribution is 5.04. The Hall–Kier alpha value is -0.120. The second kappa shape index (κ2) is 5.71. The molecule has 0 aromatic heterocycles. The maximum atomic E-state index is 9.99. The van der Waals surface area contributed by atoms with Crippen LogP contribution in [0.5, 0.6) is 0 Å². The first-order valence-electron chi connectivity index (χ1n) is 8.35. The lowest BCUT2D eigenvalue weighted by molar-refractivity contribution is 0.0970. The predicted octanol–water partition coefficient (Wildman–Crippen LogP) is 1.86. The minimum absolute atomic E-state index is 0.00531. The van der Waals surface area contributed by atoms with E-state index >= 15 is 0 Å². The van der Waals surface area contributed by atoms with E-state index in [9.17, 15) is 5.11 Å². The molecule has 3 unspecified atom stereocenters. The lowest BCUT2D eigenvalue weighted by atomic mass is 9.93. The van der Waals surface area contributed by atoms with Crippen molar-refractivity contribution in [1.82, 2.24) is 10.2 Å². The number of fused-ring (bicyclic) bond motifs is 1. The molecule has 3 atom stereocenters. The van der Waals surface area contributed by atoms with Crippen LogP contribution < -0.4 is 5.32 Å². The highest BCUT2D eigenvalue weighted by Crippen LogP contribution is 2.43. The van der Waals surface area contributed by atoms with Crippen LogP contribution in [0.2, 0.25) is 0 Å². The van der Waals surface area contributed by atoms with E-state index in [4.69, 9.17) is 0 Å². The number of nitrogens with one attached hydrogen (secondary N) is 1. The third-order valence-electron chi connectivity index (χ3n) is 5.68. The first-order chi connectivity index (χ1) is 9.27. The van der Waals surface area contributed by atoms with Crippen LogP contribution in [-0.2, 0) is 0 Å². The maximum absolute atomic E-state index is 9.99. The van der Waals surface area contributed by atoms with Gasteiger partial charge in [0.05, 0.1) is 12.1 Å². The fourth-order valence-electron chi connectivity index (χ4n) is 4.43. The Labute approximate surface area is 117 Å².